The number of piperazine rings is 1. The first-order chi connectivity index (χ1) is 24.9. The highest BCUT2D eigenvalue weighted by molar-refractivity contribution is 6.01. The van der Waals surface area contributed by atoms with Gasteiger partial charge in [-0.3, -0.25) is 24.6 Å². The second-order valence-electron chi connectivity index (χ2n) is 15.1. The van der Waals surface area contributed by atoms with E-state index in [1.54, 1.807) is 6.20 Å². The van der Waals surface area contributed by atoms with Crippen LogP contribution in [0.3, 0.4) is 0 Å². The second-order valence-corrected chi connectivity index (χ2v) is 15.1. The van der Waals surface area contributed by atoms with E-state index in [1.165, 1.54) is 18.5 Å². The zero-order valence-corrected chi connectivity index (χ0v) is 28.9. The minimum absolute atomic E-state index is 0.00284. The zero-order chi connectivity index (χ0) is 34.5. The normalized spacial score (nSPS) is 22.1. The maximum absolute atomic E-state index is 12.7. The number of carbonyl (C=O) groups excluding carboxylic acids is 3. The average molecular weight is 685 g/mol. The van der Waals surface area contributed by atoms with Crippen molar-refractivity contribution in [2.75, 3.05) is 62.2 Å². The number of nitrogens with one attached hydrogen (secondary N) is 3. The lowest BCUT2D eigenvalue weighted by atomic mass is 9.78. The third kappa shape index (κ3) is 6.07. The number of hydrogen-bond acceptors (Lipinski definition) is 8. The molecule has 1 unspecified atom stereocenters. The Bertz CT molecular complexity index is 1970. The van der Waals surface area contributed by atoms with Crippen molar-refractivity contribution in [3.63, 3.8) is 0 Å². The van der Waals surface area contributed by atoms with Crippen LogP contribution in [0.15, 0.2) is 66.9 Å². The molecule has 5 aliphatic rings. The van der Waals surface area contributed by atoms with E-state index in [2.05, 4.69) is 71.7 Å². The van der Waals surface area contributed by atoms with Gasteiger partial charge in [0.2, 0.25) is 11.8 Å². The number of rotatable bonds is 7. The minimum Gasteiger partial charge on any atom is -0.371 e. The molecule has 9 rings (SSSR count). The largest absolute Gasteiger partial charge is 0.371 e. The van der Waals surface area contributed by atoms with Crippen LogP contribution in [0.5, 0.6) is 0 Å². The zero-order valence-electron chi connectivity index (χ0n) is 28.9. The van der Waals surface area contributed by atoms with Crippen LogP contribution < -0.4 is 20.4 Å². The fourth-order valence-electron chi connectivity index (χ4n) is 8.97. The van der Waals surface area contributed by atoms with Gasteiger partial charge in [-0.15, -0.1) is 0 Å². The molecule has 1 aliphatic carbocycles. The molecule has 4 aromatic rings. The molecule has 4 fully saturated rings. The average Bonchev–Trinajstić information content (AvgIpc) is 3.82. The summed E-state index contributed by atoms with van der Waals surface area (Å²) in [5.74, 6) is 0.697. The number of H-pyrrole nitrogens is 1. The number of aromatic nitrogens is 3. The maximum atomic E-state index is 12.7. The predicted molar refractivity (Wildman–Crippen MR) is 196 cm³/mol. The van der Waals surface area contributed by atoms with Crippen LogP contribution >= 0.6 is 0 Å². The fourth-order valence-corrected chi connectivity index (χ4v) is 8.97. The minimum atomic E-state index is -0.247. The van der Waals surface area contributed by atoms with Crippen molar-refractivity contribution in [3.05, 3.63) is 83.7 Å². The standard InChI is InChI=1S/C40H44N8O3/c49-35-11-10-31(39(51)45-35)28-4-3-5-30(20-28)48-23-26(24-48)22-46-16-18-47(19-17-46)29-8-6-27(7-9-29)37-41-15-12-33(44-37)34-21-32-36(43-34)40(13-1-2-14-40)25-42-38(32)50/h3-9,12,15,20-21,26,31,43H,1-2,10-11,13-14,16-19,22-25H2,(H,42,50)(H,45,49,51). The van der Waals surface area contributed by atoms with Crippen molar-refractivity contribution in [1.82, 2.24) is 30.5 Å². The summed E-state index contributed by atoms with van der Waals surface area (Å²) < 4.78 is 0. The Kier molecular flexibility index (Phi) is 8.10. The Hall–Kier alpha value is -5.03. The van der Waals surface area contributed by atoms with Gasteiger partial charge in [0.05, 0.1) is 22.9 Å². The van der Waals surface area contributed by atoms with Gasteiger partial charge in [0.1, 0.15) is 0 Å². The Morgan fingerprint density at radius 1 is 0.863 bits per heavy atom. The molecule has 6 heterocycles. The van der Waals surface area contributed by atoms with Gasteiger partial charge in [0.25, 0.3) is 5.91 Å². The highest BCUT2D eigenvalue weighted by Crippen LogP contribution is 2.44. The van der Waals surface area contributed by atoms with Gasteiger partial charge in [-0.1, -0.05) is 25.0 Å². The number of carbonyl (C=O) groups is 3. The van der Waals surface area contributed by atoms with E-state index in [0.717, 1.165) is 98.1 Å². The lowest BCUT2D eigenvalue weighted by molar-refractivity contribution is -0.134. The monoisotopic (exact) mass is 684 g/mol. The first-order valence-corrected chi connectivity index (χ1v) is 18.5. The van der Waals surface area contributed by atoms with E-state index in [4.69, 9.17) is 4.98 Å². The number of aromatic amines is 1. The van der Waals surface area contributed by atoms with Gasteiger partial charge in [-0.05, 0) is 73.4 Å². The van der Waals surface area contributed by atoms with Crippen molar-refractivity contribution in [3.8, 4) is 22.8 Å². The van der Waals surface area contributed by atoms with Crippen molar-refractivity contribution in [2.24, 2.45) is 5.92 Å². The third-order valence-electron chi connectivity index (χ3n) is 11.9. The summed E-state index contributed by atoms with van der Waals surface area (Å²) in [5, 5.41) is 5.61. The molecule has 262 valence electrons. The molecule has 51 heavy (non-hydrogen) atoms. The van der Waals surface area contributed by atoms with E-state index in [0.29, 0.717) is 31.1 Å². The van der Waals surface area contributed by atoms with Crippen LogP contribution in [-0.2, 0) is 15.0 Å². The van der Waals surface area contributed by atoms with Gasteiger partial charge in [-0.25, -0.2) is 9.97 Å². The maximum Gasteiger partial charge on any atom is 0.253 e. The number of nitrogens with zero attached hydrogens (tertiary/aromatic N) is 5. The summed E-state index contributed by atoms with van der Waals surface area (Å²) in [4.78, 5) is 57.3. The number of imide groups is 1. The van der Waals surface area contributed by atoms with Crippen LogP contribution in [0, 0.1) is 5.92 Å². The van der Waals surface area contributed by atoms with E-state index in [-0.39, 0.29) is 29.1 Å². The van der Waals surface area contributed by atoms with Crippen molar-refractivity contribution in [2.45, 2.75) is 49.9 Å². The van der Waals surface area contributed by atoms with Crippen molar-refractivity contribution in [1.29, 1.82) is 0 Å². The summed E-state index contributed by atoms with van der Waals surface area (Å²) >= 11 is 0. The van der Waals surface area contributed by atoms with E-state index >= 15 is 0 Å². The third-order valence-corrected chi connectivity index (χ3v) is 11.9. The van der Waals surface area contributed by atoms with Crippen LogP contribution in [0.25, 0.3) is 22.8 Å². The Morgan fingerprint density at radius 2 is 1.67 bits per heavy atom. The first-order valence-electron chi connectivity index (χ1n) is 18.5. The molecule has 2 aromatic heterocycles. The van der Waals surface area contributed by atoms with Crippen LogP contribution in [0.2, 0.25) is 0 Å². The summed E-state index contributed by atoms with van der Waals surface area (Å²) in [5.41, 5.74) is 7.86. The molecule has 0 bridgehead atoms. The quantitative estimate of drug-likeness (QED) is 0.244. The van der Waals surface area contributed by atoms with Crippen LogP contribution in [0.4, 0.5) is 11.4 Å². The summed E-state index contributed by atoms with van der Waals surface area (Å²) in [6, 6.07) is 20.7. The first kappa shape index (κ1) is 31.9. The molecular weight excluding hydrogens is 640 g/mol. The Morgan fingerprint density at radius 3 is 2.45 bits per heavy atom. The summed E-state index contributed by atoms with van der Waals surface area (Å²) in [7, 11) is 0. The molecule has 0 radical (unpaired) electrons. The number of piperidine rings is 1. The topological polar surface area (TPSA) is 127 Å². The highest BCUT2D eigenvalue weighted by Gasteiger charge is 2.43. The number of hydrogen-bond donors (Lipinski definition) is 3. The predicted octanol–water partition coefficient (Wildman–Crippen LogP) is 4.47. The molecule has 2 aromatic carbocycles. The molecule has 1 saturated carbocycles. The SMILES string of the molecule is O=C1CCC(c2cccc(N3CC(CN4CCN(c5ccc(-c6nccc(-c7cc8c([nH]7)C7(CCCC7)CNC8=O)n6)cc5)CC4)C3)c2)C(=O)N1. The molecular formula is C40H44N8O3. The second kappa shape index (κ2) is 12.9. The molecule has 4 aliphatic heterocycles. The lowest BCUT2D eigenvalue weighted by Crippen LogP contribution is -2.55. The highest BCUT2D eigenvalue weighted by atomic mass is 16.2. The molecule has 11 nitrogen and oxygen atoms in total. The number of anilines is 2. The molecule has 1 atom stereocenters. The smallest absolute Gasteiger partial charge is 0.253 e. The molecule has 11 heteroatoms. The van der Waals surface area contributed by atoms with Crippen LogP contribution in [-0.4, -0.2) is 89.9 Å². The van der Waals surface area contributed by atoms with Gasteiger partial charge < -0.3 is 20.1 Å². The molecule has 3 N–H and O–H groups in total. The lowest BCUT2D eigenvalue weighted by Gasteiger charge is -2.45. The number of fused-ring (bicyclic) bond motifs is 2. The van der Waals surface area contributed by atoms with E-state index < -0.39 is 0 Å². The van der Waals surface area contributed by atoms with E-state index in [9.17, 15) is 14.4 Å². The summed E-state index contributed by atoms with van der Waals surface area (Å²) in [6.45, 7) is 7.89. The van der Waals surface area contributed by atoms with Crippen LogP contribution in [0.1, 0.15) is 66.1 Å². The number of benzene rings is 2. The van der Waals surface area contributed by atoms with Crippen molar-refractivity contribution >= 4 is 29.1 Å². The Labute approximate surface area is 297 Å². The van der Waals surface area contributed by atoms with Gasteiger partial charge in [0, 0.05) is 98.9 Å². The van der Waals surface area contributed by atoms with Gasteiger partial charge in [-0.2, -0.15) is 0 Å². The fraction of sp³-hybridized carbons (Fsp3) is 0.425. The van der Waals surface area contributed by atoms with Gasteiger partial charge in [0.15, 0.2) is 5.82 Å². The Balaban J connectivity index is 0.785. The summed E-state index contributed by atoms with van der Waals surface area (Å²) in [6.07, 6.45) is 7.37. The van der Waals surface area contributed by atoms with Crippen molar-refractivity contribution < 1.29 is 14.4 Å². The molecule has 3 amide bonds. The molecule has 3 saturated heterocycles. The van der Waals surface area contributed by atoms with Gasteiger partial charge >= 0.3 is 0 Å². The van der Waals surface area contributed by atoms with E-state index in [1.807, 2.05) is 24.3 Å². The number of amides is 3. The molecule has 1 spiro atoms.